The van der Waals surface area contributed by atoms with Crippen molar-refractivity contribution in [3.63, 3.8) is 0 Å². The Balaban J connectivity index is 1.45. The van der Waals surface area contributed by atoms with Crippen molar-refractivity contribution in [1.82, 2.24) is 0 Å². The van der Waals surface area contributed by atoms with Crippen molar-refractivity contribution in [3.8, 4) is 5.75 Å². The van der Waals surface area contributed by atoms with Crippen LogP contribution >= 0.6 is 34.8 Å². The van der Waals surface area contributed by atoms with Crippen LogP contribution in [-0.2, 0) is 19.2 Å². The molecular weight excluding hydrogens is 718 g/mol. The smallest absolute Gasteiger partial charge is 0.258 e. The molecule has 0 spiro atoms. The third-order valence-corrected chi connectivity index (χ3v) is 11.8. The first-order valence-corrected chi connectivity index (χ1v) is 16.0. The number of amides is 4. The zero-order valence-electron chi connectivity index (χ0n) is 25.3. The molecule has 3 fully saturated rings. The van der Waals surface area contributed by atoms with Crippen LogP contribution in [0.15, 0.2) is 48.0 Å². The summed E-state index contributed by atoms with van der Waals surface area (Å²) in [5.41, 5.74) is -0.508. The predicted octanol–water partition coefficient (Wildman–Crippen LogP) is 7.13. The third-order valence-electron chi connectivity index (χ3n) is 10.2. The maximum Gasteiger partial charge on any atom is 0.258 e. The lowest BCUT2D eigenvalue weighted by Gasteiger charge is -2.50. The van der Waals surface area contributed by atoms with Gasteiger partial charge in [0.25, 0.3) is 11.8 Å². The van der Waals surface area contributed by atoms with Gasteiger partial charge in [0, 0.05) is 10.9 Å². The number of phenolic OH excluding ortho intramolecular Hbond substituents is 1. The van der Waals surface area contributed by atoms with Crippen molar-refractivity contribution in [3.05, 3.63) is 98.8 Å². The van der Waals surface area contributed by atoms with E-state index in [0.29, 0.717) is 21.7 Å². The molecule has 3 aromatic rings. The van der Waals surface area contributed by atoms with E-state index in [1.807, 2.05) is 0 Å². The fourth-order valence-corrected chi connectivity index (χ4v) is 9.00. The third kappa shape index (κ3) is 4.26. The summed E-state index contributed by atoms with van der Waals surface area (Å²) in [6, 6.07) is 8.82. The maximum absolute atomic E-state index is 15.2. The Morgan fingerprint density at radius 3 is 1.90 bits per heavy atom. The van der Waals surface area contributed by atoms with E-state index in [1.54, 1.807) is 6.08 Å². The van der Waals surface area contributed by atoms with Crippen LogP contribution in [0.5, 0.6) is 5.75 Å². The molecule has 0 bridgehead atoms. The number of halogens is 8. The molecule has 4 aliphatic rings. The standard InChI is InChI=1S/C34H22Cl3F5N2O5/c1-12-9-14(10-13(2)28(12)45)21-17-7-8-18-20(30(47)43(29(18)46)16-5-3-15(35)4-6-16)19(17)11-33(36)31(48)44(32(49)34(21,33)37)27-25(41)23(39)22(38)24(40)26(27)42/h3-7,9-10,18-21,45H,8,11H2,1-2H3/t18-,19+,20-,21-,33+,34-/m0/s1. The monoisotopic (exact) mass is 738 g/mol. The topological polar surface area (TPSA) is 95.0 Å². The summed E-state index contributed by atoms with van der Waals surface area (Å²) < 4.78 is 73.3. The van der Waals surface area contributed by atoms with Crippen molar-refractivity contribution >= 4 is 69.8 Å². The van der Waals surface area contributed by atoms with Crippen LogP contribution in [0.2, 0.25) is 5.02 Å². The van der Waals surface area contributed by atoms with Gasteiger partial charge in [-0.15, -0.1) is 23.2 Å². The van der Waals surface area contributed by atoms with Crippen LogP contribution in [0.4, 0.5) is 33.3 Å². The highest BCUT2D eigenvalue weighted by Gasteiger charge is 2.77. The number of benzene rings is 3. The molecule has 49 heavy (non-hydrogen) atoms. The highest BCUT2D eigenvalue weighted by Crippen LogP contribution is 2.66. The van der Waals surface area contributed by atoms with Gasteiger partial charge in [0.15, 0.2) is 33.0 Å². The number of phenols is 1. The first-order chi connectivity index (χ1) is 23.0. The fourth-order valence-electron chi connectivity index (χ4n) is 7.94. The second-order valence-corrected chi connectivity index (χ2v) is 14.4. The van der Waals surface area contributed by atoms with E-state index < -0.39 is 98.2 Å². The van der Waals surface area contributed by atoms with Crippen molar-refractivity contribution in [2.24, 2.45) is 17.8 Å². The number of allylic oxidation sites excluding steroid dienone is 2. The number of fused-ring (bicyclic) bond motifs is 4. The normalized spacial score (nSPS) is 29.3. The molecule has 2 aliphatic heterocycles. The number of hydrogen-bond acceptors (Lipinski definition) is 5. The molecule has 0 unspecified atom stereocenters. The Morgan fingerprint density at radius 1 is 0.776 bits per heavy atom. The molecular formula is C34H22Cl3F5N2O5. The van der Waals surface area contributed by atoms with Crippen molar-refractivity contribution in [2.75, 3.05) is 9.80 Å². The second-order valence-electron chi connectivity index (χ2n) is 12.7. The van der Waals surface area contributed by atoms with Crippen LogP contribution in [-0.4, -0.2) is 38.5 Å². The zero-order chi connectivity index (χ0) is 35.6. The Bertz CT molecular complexity index is 2040. The van der Waals surface area contributed by atoms with Gasteiger partial charge in [-0.05, 0) is 73.6 Å². The molecule has 2 aliphatic carbocycles. The number of hydrogen-bond donors (Lipinski definition) is 1. The Hall–Kier alpha value is -4.00. The minimum atomic E-state index is -2.65. The van der Waals surface area contributed by atoms with Gasteiger partial charge < -0.3 is 5.11 Å². The molecule has 2 heterocycles. The molecule has 15 heteroatoms. The van der Waals surface area contributed by atoms with E-state index in [9.17, 15) is 37.5 Å². The number of anilines is 2. The minimum Gasteiger partial charge on any atom is -0.507 e. The first-order valence-electron chi connectivity index (χ1n) is 14.9. The van der Waals surface area contributed by atoms with Crippen molar-refractivity contribution in [1.29, 1.82) is 0 Å². The zero-order valence-corrected chi connectivity index (χ0v) is 27.5. The number of aromatic hydroxyl groups is 1. The molecule has 4 amide bonds. The summed E-state index contributed by atoms with van der Waals surface area (Å²) in [7, 11) is 0. The summed E-state index contributed by atoms with van der Waals surface area (Å²) in [6.45, 7) is 3.08. The Labute approximate surface area is 289 Å². The molecule has 1 N–H and O–H groups in total. The number of alkyl halides is 2. The first kappa shape index (κ1) is 33.5. The van der Waals surface area contributed by atoms with Gasteiger partial charge in [0.1, 0.15) is 11.4 Å². The summed E-state index contributed by atoms with van der Waals surface area (Å²) in [5, 5.41) is 10.9. The van der Waals surface area contributed by atoms with Crippen LogP contribution in [0.3, 0.4) is 0 Å². The van der Waals surface area contributed by atoms with Gasteiger partial charge in [-0.25, -0.2) is 26.9 Å². The van der Waals surface area contributed by atoms with Gasteiger partial charge >= 0.3 is 0 Å². The van der Waals surface area contributed by atoms with Crippen molar-refractivity contribution < 1.29 is 46.2 Å². The summed E-state index contributed by atoms with van der Waals surface area (Å²) in [5.74, 6) is -21.3. The summed E-state index contributed by atoms with van der Waals surface area (Å²) >= 11 is 20.3. The SMILES string of the molecule is Cc1cc([C@H]2C3=CC[C@@H]4C(=O)N(c5ccc(Cl)cc5)C(=O)[C@@H]4[C@@H]3C[C@@]3(Cl)C(=O)N(c4c(F)c(F)c(F)c(F)c4F)C(=O)[C@@]23Cl)cc(C)c1O. The predicted molar refractivity (Wildman–Crippen MR) is 168 cm³/mol. The van der Waals surface area contributed by atoms with Gasteiger partial charge in [0.2, 0.25) is 17.6 Å². The van der Waals surface area contributed by atoms with E-state index in [-0.39, 0.29) is 28.3 Å². The van der Waals surface area contributed by atoms with E-state index in [1.165, 1.54) is 50.2 Å². The summed E-state index contributed by atoms with van der Waals surface area (Å²) in [6.07, 6.45) is 0.967. The summed E-state index contributed by atoms with van der Waals surface area (Å²) in [4.78, 5) is 52.0. The maximum atomic E-state index is 15.2. The molecule has 3 aromatic carbocycles. The molecule has 7 rings (SSSR count). The average molecular weight is 740 g/mol. The van der Waals surface area contributed by atoms with Gasteiger partial charge in [-0.3, -0.25) is 24.1 Å². The van der Waals surface area contributed by atoms with Gasteiger partial charge in [-0.1, -0.05) is 35.4 Å². The molecule has 7 nitrogen and oxygen atoms in total. The number of nitrogens with zero attached hydrogens (tertiary/aromatic N) is 2. The molecule has 6 atom stereocenters. The molecule has 254 valence electrons. The van der Waals surface area contributed by atoms with E-state index in [4.69, 9.17) is 34.8 Å². The number of rotatable bonds is 3. The molecule has 0 radical (unpaired) electrons. The Morgan fingerprint density at radius 2 is 1.33 bits per heavy atom. The number of aryl methyl sites for hydroxylation is 2. The lowest BCUT2D eigenvalue weighted by Crippen LogP contribution is -2.60. The molecule has 2 saturated heterocycles. The largest absolute Gasteiger partial charge is 0.507 e. The minimum absolute atomic E-state index is 0.0105. The van der Waals surface area contributed by atoms with Crippen molar-refractivity contribution in [2.45, 2.75) is 42.4 Å². The Kier molecular flexibility index (Phi) is 7.52. The van der Waals surface area contributed by atoms with Crippen LogP contribution in [0.25, 0.3) is 0 Å². The number of carbonyl (C=O) groups is 4. The van der Waals surface area contributed by atoms with Crippen LogP contribution < -0.4 is 9.80 Å². The van der Waals surface area contributed by atoms with Gasteiger partial charge in [0.05, 0.1) is 17.5 Å². The van der Waals surface area contributed by atoms with Gasteiger partial charge in [-0.2, -0.15) is 0 Å². The quantitative estimate of drug-likeness (QED) is 0.0771. The highest BCUT2D eigenvalue weighted by atomic mass is 35.5. The highest BCUT2D eigenvalue weighted by molar-refractivity contribution is 6.58. The fraction of sp³-hybridized carbons (Fsp3) is 0.294. The average Bonchev–Trinajstić information content (AvgIpc) is 3.40. The molecule has 0 aromatic heterocycles. The second kappa shape index (κ2) is 11.0. The van der Waals surface area contributed by atoms with E-state index in [0.717, 1.165) is 4.90 Å². The lowest BCUT2D eigenvalue weighted by atomic mass is 9.56. The number of carbonyl (C=O) groups excluding carboxylic acids is 4. The van der Waals surface area contributed by atoms with E-state index in [2.05, 4.69) is 0 Å². The van der Waals surface area contributed by atoms with Crippen LogP contribution in [0, 0.1) is 60.7 Å². The van der Waals surface area contributed by atoms with Crippen LogP contribution in [0.1, 0.15) is 35.4 Å². The molecule has 1 saturated carbocycles. The lowest BCUT2D eigenvalue weighted by molar-refractivity contribution is -0.125. The van der Waals surface area contributed by atoms with E-state index >= 15 is 8.78 Å². The number of imide groups is 2.